The van der Waals surface area contributed by atoms with Crippen LogP contribution in [0.25, 0.3) is 22.4 Å². The Hall–Kier alpha value is -5.16. The van der Waals surface area contributed by atoms with Gasteiger partial charge in [-0.2, -0.15) is 5.10 Å². The summed E-state index contributed by atoms with van der Waals surface area (Å²) in [6.07, 6.45) is 4.79. The van der Waals surface area contributed by atoms with E-state index in [-0.39, 0.29) is 23.6 Å². The maximum atomic E-state index is 13.8. The summed E-state index contributed by atoms with van der Waals surface area (Å²) in [6, 6.07) is 14.8. The molecule has 2 amide bonds. The Labute approximate surface area is 264 Å². The summed E-state index contributed by atoms with van der Waals surface area (Å²) in [5, 5.41) is 14.1. The predicted molar refractivity (Wildman–Crippen MR) is 172 cm³/mol. The van der Waals surface area contributed by atoms with E-state index in [9.17, 15) is 14.4 Å². The molecule has 0 aliphatic heterocycles. The quantitative estimate of drug-likeness (QED) is 0.211. The number of carbonyl (C=O) groups is 2. The van der Waals surface area contributed by atoms with Crippen molar-refractivity contribution in [2.24, 2.45) is 7.05 Å². The lowest BCUT2D eigenvalue weighted by Gasteiger charge is -2.20. The van der Waals surface area contributed by atoms with Gasteiger partial charge in [-0.25, -0.2) is 0 Å². The van der Waals surface area contributed by atoms with Crippen LogP contribution in [0.5, 0.6) is 5.75 Å². The molecule has 0 spiro atoms. The first-order valence-corrected chi connectivity index (χ1v) is 14.6. The van der Waals surface area contributed by atoms with E-state index in [1.807, 2.05) is 45.2 Å². The third-order valence-electron chi connectivity index (χ3n) is 7.48. The number of nitrogens with zero attached hydrogens (tertiary/aromatic N) is 4. The number of benzene rings is 2. The maximum Gasteiger partial charge on any atom is 0.257 e. The molecular weight excluding hydrogens is 596 g/mol. The van der Waals surface area contributed by atoms with Crippen LogP contribution in [0.15, 0.2) is 82.6 Å². The maximum absolute atomic E-state index is 13.8. The Bertz CT molecular complexity index is 1920. The third kappa shape index (κ3) is 6.83. The van der Waals surface area contributed by atoms with Crippen molar-refractivity contribution in [3.05, 3.63) is 105 Å². The highest BCUT2D eigenvalue weighted by atomic mass is 35.5. The number of hydrogen-bond acceptors (Lipinski definition) is 7. The second kappa shape index (κ2) is 13.2. The van der Waals surface area contributed by atoms with Crippen molar-refractivity contribution in [1.82, 2.24) is 24.8 Å². The van der Waals surface area contributed by atoms with Gasteiger partial charge in [0.1, 0.15) is 23.6 Å². The molecule has 0 aliphatic carbocycles. The number of pyridine rings is 1. The molecule has 0 saturated carbocycles. The third-order valence-corrected chi connectivity index (χ3v) is 7.85. The minimum Gasteiger partial charge on any atom is -0.496 e. The van der Waals surface area contributed by atoms with Crippen LogP contribution in [-0.4, -0.2) is 44.5 Å². The summed E-state index contributed by atoms with van der Waals surface area (Å²) >= 11 is 6.63. The van der Waals surface area contributed by atoms with E-state index in [4.69, 9.17) is 20.9 Å². The number of methoxy groups -OCH3 is 1. The van der Waals surface area contributed by atoms with Gasteiger partial charge in [0.25, 0.3) is 11.5 Å². The topological polar surface area (TPSA) is 133 Å². The summed E-state index contributed by atoms with van der Waals surface area (Å²) in [5.74, 6) is -0.451. The fraction of sp³-hybridized carbons (Fsp3) is 0.242. The van der Waals surface area contributed by atoms with Crippen LogP contribution in [-0.2, 0) is 18.3 Å². The van der Waals surface area contributed by atoms with Gasteiger partial charge in [0.15, 0.2) is 0 Å². The Kier molecular flexibility index (Phi) is 9.19. The molecule has 0 aliphatic rings. The highest BCUT2D eigenvalue weighted by molar-refractivity contribution is 6.31. The molecule has 0 bridgehead atoms. The molecule has 5 rings (SSSR count). The number of aromatic nitrogens is 4. The van der Waals surface area contributed by atoms with Gasteiger partial charge < -0.3 is 24.5 Å². The van der Waals surface area contributed by atoms with Crippen LogP contribution in [0.4, 0.5) is 5.69 Å². The van der Waals surface area contributed by atoms with Gasteiger partial charge in [0, 0.05) is 60.3 Å². The number of aryl methyl sites for hydroxylation is 2. The highest BCUT2D eigenvalue weighted by Crippen LogP contribution is 2.32. The van der Waals surface area contributed by atoms with Crippen molar-refractivity contribution >= 4 is 29.1 Å². The van der Waals surface area contributed by atoms with Crippen molar-refractivity contribution < 1.29 is 18.8 Å². The summed E-state index contributed by atoms with van der Waals surface area (Å²) < 4.78 is 13.9. The van der Waals surface area contributed by atoms with Gasteiger partial charge in [-0.1, -0.05) is 22.8 Å². The first-order valence-electron chi connectivity index (χ1n) is 14.3. The van der Waals surface area contributed by atoms with Gasteiger partial charge in [0.05, 0.1) is 18.5 Å². The SMILES string of the molecule is COc1cc(NC(=O)C(Cc2cc(-c3ccc(=O)n(C(C)C)c3)ccc2Cl)NC(=O)c2conc2C)ccc1-c1ccnn1C. The standard InChI is InChI=1S/C33H33ClN6O5/c1-19(2)40-17-22(7-11-31(40)41)21-6-10-27(34)23(14-21)15-28(37-32(42)26-18-45-38-20(26)3)33(43)36-24-8-9-25(30(16-24)44-5)29-12-13-35-39(29)4/h6-14,16-19,28H,15H2,1-5H3,(H,36,43)(H,37,42). The summed E-state index contributed by atoms with van der Waals surface area (Å²) in [6.45, 7) is 5.51. The molecule has 232 valence electrons. The van der Waals surface area contributed by atoms with E-state index < -0.39 is 17.9 Å². The highest BCUT2D eigenvalue weighted by Gasteiger charge is 2.26. The Morgan fingerprint density at radius 3 is 2.51 bits per heavy atom. The average Bonchev–Trinajstić information content (AvgIpc) is 3.65. The second-order valence-electron chi connectivity index (χ2n) is 10.9. The van der Waals surface area contributed by atoms with Crippen molar-refractivity contribution in [3.63, 3.8) is 0 Å². The molecule has 12 heteroatoms. The minimum atomic E-state index is -1.04. The van der Waals surface area contributed by atoms with Gasteiger partial charge >= 0.3 is 0 Å². The van der Waals surface area contributed by atoms with Crippen molar-refractivity contribution in [3.8, 4) is 28.1 Å². The molecule has 3 heterocycles. The predicted octanol–water partition coefficient (Wildman–Crippen LogP) is 5.43. The number of carbonyl (C=O) groups excluding carboxylic acids is 2. The van der Waals surface area contributed by atoms with Crippen molar-refractivity contribution in [1.29, 1.82) is 0 Å². The molecule has 45 heavy (non-hydrogen) atoms. The zero-order valence-corrected chi connectivity index (χ0v) is 26.3. The van der Waals surface area contributed by atoms with E-state index in [1.165, 1.54) is 12.3 Å². The average molecular weight is 629 g/mol. The molecule has 2 N–H and O–H groups in total. The van der Waals surface area contributed by atoms with E-state index in [1.54, 1.807) is 59.9 Å². The molecule has 3 aromatic heterocycles. The number of nitrogens with one attached hydrogen (secondary N) is 2. The lowest BCUT2D eigenvalue weighted by atomic mass is 9.99. The smallest absolute Gasteiger partial charge is 0.257 e. The zero-order chi connectivity index (χ0) is 32.2. The number of anilines is 1. The largest absolute Gasteiger partial charge is 0.496 e. The van der Waals surface area contributed by atoms with Crippen molar-refractivity contribution in [2.45, 2.75) is 39.3 Å². The van der Waals surface area contributed by atoms with Crippen LogP contribution in [0.3, 0.4) is 0 Å². The van der Waals surface area contributed by atoms with E-state index in [0.29, 0.717) is 27.7 Å². The number of rotatable bonds is 10. The fourth-order valence-corrected chi connectivity index (χ4v) is 5.21. The number of ether oxygens (including phenoxy) is 1. The molecule has 5 aromatic rings. The molecule has 0 fully saturated rings. The lowest BCUT2D eigenvalue weighted by molar-refractivity contribution is -0.118. The number of amides is 2. The second-order valence-corrected chi connectivity index (χ2v) is 11.3. The minimum absolute atomic E-state index is 0.0230. The van der Waals surface area contributed by atoms with Gasteiger partial charge in [-0.3, -0.25) is 19.1 Å². The molecule has 1 unspecified atom stereocenters. The van der Waals surface area contributed by atoms with E-state index >= 15 is 0 Å². The van der Waals surface area contributed by atoms with Crippen LogP contribution in [0, 0.1) is 6.92 Å². The van der Waals surface area contributed by atoms with Crippen LogP contribution < -0.4 is 20.9 Å². The van der Waals surface area contributed by atoms with Crippen LogP contribution in [0.1, 0.15) is 41.5 Å². The summed E-state index contributed by atoms with van der Waals surface area (Å²) in [4.78, 5) is 39.3. The molecule has 2 aromatic carbocycles. The zero-order valence-electron chi connectivity index (χ0n) is 25.5. The van der Waals surface area contributed by atoms with Crippen molar-refractivity contribution in [2.75, 3.05) is 12.4 Å². The monoisotopic (exact) mass is 628 g/mol. The molecule has 11 nitrogen and oxygen atoms in total. The Morgan fingerprint density at radius 2 is 1.84 bits per heavy atom. The molecular formula is C33H33ClN6O5. The normalized spacial score (nSPS) is 11.8. The number of hydrogen-bond donors (Lipinski definition) is 2. The Balaban J connectivity index is 1.46. The lowest BCUT2D eigenvalue weighted by Crippen LogP contribution is -2.45. The van der Waals surface area contributed by atoms with E-state index in [0.717, 1.165) is 22.4 Å². The summed E-state index contributed by atoms with van der Waals surface area (Å²) in [5.41, 5.74) is 4.87. The van der Waals surface area contributed by atoms with Crippen LogP contribution >= 0.6 is 11.6 Å². The molecule has 0 saturated heterocycles. The first-order chi connectivity index (χ1) is 21.5. The molecule has 0 radical (unpaired) electrons. The van der Waals surface area contributed by atoms with Gasteiger partial charge in [-0.15, -0.1) is 0 Å². The van der Waals surface area contributed by atoms with Gasteiger partial charge in [-0.05, 0) is 73.9 Å². The number of halogens is 1. The van der Waals surface area contributed by atoms with Crippen LogP contribution in [0.2, 0.25) is 5.02 Å². The fourth-order valence-electron chi connectivity index (χ4n) is 5.01. The first kappa shape index (κ1) is 31.3. The van der Waals surface area contributed by atoms with Gasteiger partial charge in [0.2, 0.25) is 5.91 Å². The Morgan fingerprint density at radius 1 is 1.07 bits per heavy atom. The summed E-state index contributed by atoms with van der Waals surface area (Å²) in [7, 11) is 3.38. The van der Waals surface area contributed by atoms with E-state index in [2.05, 4.69) is 20.9 Å². The molecule has 1 atom stereocenters.